The molecule has 0 amide bonds. The number of isocyanates is 1. The second-order valence-corrected chi connectivity index (χ2v) is 2.49. The Hall–Kier alpha value is -2.34. The molecule has 0 aliphatic heterocycles. The van der Waals surface area contributed by atoms with Crippen LogP contribution in [0.5, 0.6) is 5.75 Å². The fraction of sp³-hybridized carbons (Fsp3) is 0.125. The third-order valence-electron chi connectivity index (χ3n) is 1.54. The number of benzene rings is 1. The summed E-state index contributed by atoms with van der Waals surface area (Å²) in [6.07, 6.45) is 1.09. The Morgan fingerprint density at radius 3 is 2.69 bits per heavy atom. The molecule has 0 saturated carbocycles. The summed E-state index contributed by atoms with van der Waals surface area (Å²) in [4.78, 5) is 22.6. The van der Waals surface area contributed by atoms with E-state index in [1.807, 2.05) is 0 Å². The van der Waals surface area contributed by atoms with Gasteiger partial charge in [-0.2, -0.15) is 13.8 Å². The van der Waals surface area contributed by atoms with Gasteiger partial charge in [0.1, 0.15) is 5.69 Å². The van der Waals surface area contributed by atoms with E-state index in [2.05, 4.69) is 9.73 Å². The van der Waals surface area contributed by atoms with Gasteiger partial charge in [0.2, 0.25) is 6.08 Å². The number of aliphatic imine (C=N–C) groups is 1. The average Bonchev–Trinajstić information content (AvgIpc) is 2.20. The first kappa shape index (κ1) is 11.7. The summed E-state index contributed by atoms with van der Waals surface area (Å²) in [7, 11) is 0. The predicted octanol–water partition coefficient (Wildman–Crippen LogP) is 2.16. The van der Waals surface area contributed by atoms with Crippen molar-refractivity contribution in [2.24, 2.45) is 4.99 Å². The highest BCUT2D eigenvalue weighted by atomic mass is 19.3. The van der Waals surface area contributed by atoms with Crippen molar-refractivity contribution in [3.8, 4) is 5.75 Å². The van der Waals surface area contributed by atoms with E-state index in [0.29, 0.717) is 0 Å². The minimum absolute atomic E-state index is 0.371. The number of rotatable bonds is 4. The second-order valence-electron chi connectivity index (χ2n) is 2.49. The van der Waals surface area contributed by atoms with E-state index in [1.54, 1.807) is 0 Å². The van der Waals surface area contributed by atoms with Crippen molar-refractivity contribution in [1.29, 1.82) is 0 Å². The summed E-state index contributed by atoms with van der Waals surface area (Å²) in [6.45, 7) is -3.11. The monoisotopic (exact) mass is 230 g/mol. The van der Waals surface area contributed by atoms with E-state index in [0.717, 1.165) is 24.3 Å². The van der Waals surface area contributed by atoms with Crippen molar-refractivity contribution < 1.29 is 23.2 Å². The van der Waals surface area contributed by atoms with E-state index in [-0.39, 0.29) is 5.69 Å². The maximum atomic E-state index is 11.9. The Morgan fingerprint density at radius 2 is 2.19 bits per heavy atom. The van der Waals surface area contributed by atoms with Crippen LogP contribution in [0.15, 0.2) is 23.2 Å². The standard InChI is InChI=1S/C8H4F2N2O4/c9-8(10)16-7-2-1-5(12(14)15)3-6(7)11-4-13/h1-3,8H. The molecule has 84 valence electrons. The normalized spacial score (nSPS) is 9.69. The Morgan fingerprint density at radius 1 is 1.50 bits per heavy atom. The molecule has 16 heavy (non-hydrogen) atoms. The fourth-order valence-electron chi connectivity index (χ4n) is 0.952. The van der Waals surface area contributed by atoms with Crippen LogP contribution in [0, 0.1) is 10.1 Å². The number of nitro groups is 1. The molecule has 1 aromatic carbocycles. The third-order valence-corrected chi connectivity index (χ3v) is 1.54. The molecule has 0 radical (unpaired) electrons. The quantitative estimate of drug-likeness (QED) is 0.343. The van der Waals surface area contributed by atoms with Crippen molar-refractivity contribution in [2.45, 2.75) is 6.61 Å². The number of hydrogen-bond acceptors (Lipinski definition) is 5. The zero-order valence-corrected chi connectivity index (χ0v) is 7.59. The van der Waals surface area contributed by atoms with Crippen molar-refractivity contribution >= 4 is 17.5 Å². The first-order valence-corrected chi connectivity index (χ1v) is 3.85. The van der Waals surface area contributed by atoms with Gasteiger partial charge in [-0.15, -0.1) is 0 Å². The lowest BCUT2D eigenvalue weighted by Gasteiger charge is -2.05. The molecule has 0 heterocycles. The number of nitro benzene ring substituents is 1. The molecule has 0 aromatic heterocycles. The molecule has 0 aliphatic carbocycles. The van der Waals surface area contributed by atoms with Gasteiger partial charge in [0.05, 0.1) is 4.92 Å². The summed E-state index contributed by atoms with van der Waals surface area (Å²) in [5.74, 6) is -0.427. The van der Waals surface area contributed by atoms with Crippen LogP contribution in [0.4, 0.5) is 20.2 Å². The highest BCUT2D eigenvalue weighted by molar-refractivity contribution is 5.61. The summed E-state index contributed by atoms with van der Waals surface area (Å²) >= 11 is 0. The first-order valence-electron chi connectivity index (χ1n) is 3.85. The average molecular weight is 230 g/mol. The van der Waals surface area contributed by atoms with E-state index < -0.39 is 23.0 Å². The van der Waals surface area contributed by atoms with Crippen LogP contribution in [-0.2, 0) is 4.79 Å². The number of alkyl halides is 2. The lowest BCUT2D eigenvalue weighted by atomic mass is 10.2. The predicted molar refractivity (Wildman–Crippen MR) is 47.5 cm³/mol. The first-order chi connectivity index (χ1) is 7.54. The van der Waals surface area contributed by atoms with Gasteiger partial charge in [-0.05, 0) is 6.07 Å². The van der Waals surface area contributed by atoms with E-state index in [4.69, 9.17) is 0 Å². The minimum atomic E-state index is -3.11. The van der Waals surface area contributed by atoms with Crippen LogP contribution >= 0.6 is 0 Å². The molecule has 0 atom stereocenters. The van der Waals surface area contributed by atoms with Crippen LogP contribution < -0.4 is 4.74 Å². The van der Waals surface area contributed by atoms with Crippen molar-refractivity contribution in [3.63, 3.8) is 0 Å². The molecule has 0 aliphatic rings. The Balaban J connectivity index is 3.18. The van der Waals surface area contributed by atoms with Gasteiger partial charge >= 0.3 is 6.61 Å². The van der Waals surface area contributed by atoms with Gasteiger partial charge in [0.25, 0.3) is 5.69 Å². The number of ether oxygens (including phenoxy) is 1. The molecule has 0 spiro atoms. The molecule has 0 N–H and O–H groups in total. The van der Waals surface area contributed by atoms with Gasteiger partial charge in [0, 0.05) is 12.1 Å². The fourth-order valence-corrected chi connectivity index (χ4v) is 0.952. The lowest BCUT2D eigenvalue weighted by Crippen LogP contribution is -2.02. The summed E-state index contributed by atoms with van der Waals surface area (Å²) in [5, 5.41) is 10.4. The maximum absolute atomic E-state index is 11.9. The van der Waals surface area contributed by atoms with E-state index in [1.165, 1.54) is 0 Å². The minimum Gasteiger partial charge on any atom is -0.432 e. The Kier molecular flexibility index (Phi) is 3.62. The zero-order valence-electron chi connectivity index (χ0n) is 7.59. The van der Waals surface area contributed by atoms with Gasteiger partial charge in [-0.25, -0.2) is 4.79 Å². The lowest BCUT2D eigenvalue weighted by molar-refractivity contribution is -0.384. The molecular weight excluding hydrogens is 226 g/mol. The van der Waals surface area contributed by atoms with Gasteiger partial charge in [-0.3, -0.25) is 10.1 Å². The van der Waals surface area contributed by atoms with Crippen LogP contribution in [0.3, 0.4) is 0 Å². The SMILES string of the molecule is O=C=Nc1cc([N+](=O)[O-])ccc1OC(F)F. The summed E-state index contributed by atoms with van der Waals surface area (Å²) in [5.41, 5.74) is -0.764. The van der Waals surface area contributed by atoms with E-state index >= 15 is 0 Å². The smallest absolute Gasteiger partial charge is 0.387 e. The van der Waals surface area contributed by atoms with Crippen LogP contribution in [0.25, 0.3) is 0 Å². The number of carbonyl (C=O) groups excluding carboxylic acids is 1. The molecular formula is C8H4F2N2O4. The summed E-state index contributed by atoms with van der Waals surface area (Å²) < 4.78 is 27.8. The molecule has 0 bridgehead atoms. The van der Waals surface area contributed by atoms with E-state index in [9.17, 15) is 23.7 Å². The van der Waals surface area contributed by atoms with Gasteiger partial charge < -0.3 is 4.74 Å². The van der Waals surface area contributed by atoms with Crippen molar-refractivity contribution in [2.75, 3.05) is 0 Å². The largest absolute Gasteiger partial charge is 0.432 e. The highest BCUT2D eigenvalue weighted by Crippen LogP contribution is 2.32. The van der Waals surface area contributed by atoms with Crippen LogP contribution in [0.2, 0.25) is 0 Å². The number of non-ortho nitro benzene ring substituents is 1. The van der Waals surface area contributed by atoms with Crippen molar-refractivity contribution in [1.82, 2.24) is 0 Å². The summed E-state index contributed by atoms with van der Waals surface area (Å²) in [6, 6.07) is 2.73. The molecule has 6 nitrogen and oxygen atoms in total. The zero-order chi connectivity index (χ0) is 12.1. The topological polar surface area (TPSA) is 81.8 Å². The van der Waals surface area contributed by atoms with Gasteiger partial charge in [0.15, 0.2) is 5.75 Å². The number of hydrogen-bond donors (Lipinski definition) is 0. The van der Waals surface area contributed by atoms with Crippen LogP contribution in [0.1, 0.15) is 0 Å². The maximum Gasteiger partial charge on any atom is 0.387 e. The molecule has 1 aromatic rings. The number of nitrogens with zero attached hydrogens (tertiary/aromatic N) is 2. The third kappa shape index (κ3) is 2.82. The second kappa shape index (κ2) is 4.94. The highest BCUT2D eigenvalue weighted by Gasteiger charge is 2.14. The molecule has 0 fully saturated rings. The molecule has 0 saturated heterocycles. The van der Waals surface area contributed by atoms with Gasteiger partial charge in [-0.1, -0.05) is 0 Å². The van der Waals surface area contributed by atoms with Crippen molar-refractivity contribution in [3.05, 3.63) is 28.3 Å². The number of halogens is 2. The molecule has 8 heteroatoms. The Bertz CT molecular complexity index is 457. The molecule has 0 unspecified atom stereocenters. The van der Waals surface area contributed by atoms with Crippen LogP contribution in [-0.4, -0.2) is 17.6 Å². The molecule has 1 rings (SSSR count). The Labute approximate surface area is 87.3 Å².